The summed E-state index contributed by atoms with van der Waals surface area (Å²) in [5.74, 6) is -1.18. The van der Waals surface area contributed by atoms with E-state index in [2.05, 4.69) is 6.58 Å². The van der Waals surface area contributed by atoms with Gasteiger partial charge in [0.2, 0.25) is 0 Å². The second-order valence-corrected chi connectivity index (χ2v) is 7.96. The van der Waals surface area contributed by atoms with Crippen molar-refractivity contribution in [2.75, 3.05) is 119 Å². The van der Waals surface area contributed by atoms with Gasteiger partial charge in [-0.05, 0) is 12.1 Å². The highest BCUT2D eigenvalue weighted by atomic mass is 16.6. The third-order valence-electron chi connectivity index (χ3n) is 4.80. The van der Waals surface area contributed by atoms with Crippen molar-refractivity contribution in [3.05, 3.63) is 48.0 Å². The van der Waals surface area contributed by atoms with Crippen molar-refractivity contribution in [1.29, 1.82) is 0 Å². The van der Waals surface area contributed by atoms with Gasteiger partial charge in [-0.15, -0.1) is 0 Å². The molecule has 0 aliphatic carbocycles. The molecule has 0 unspecified atom stereocenters. The summed E-state index contributed by atoms with van der Waals surface area (Å²) in [5.41, 5.74) is 0.441. The Morgan fingerprint density at radius 3 is 1.32 bits per heavy atom. The van der Waals surface area contributed by atoms with Crippen molar-refractivity contribution in [3.63, 3.8) is 0 Å². The van der Waals surface area contributed by atoms with E-state index < -0.39 is 11.9 Å². The molecule has 0 aromatic heterocycles. The van der Waals surface area contributed by atoms with Crippen LogP contribution in [0.2, 0.25) is 0 Å². The van der Waals surface area contributed by atoms with Crippen LogP contribution in [0, 0.1) is 0 Å². The highest BCUT2D eigenvalue weighted by Crippen LogP contribution is 2.04. The maximum atomic E-state index is 11.9. The SMILES string of the molecule is C=C(COC(=O)c1ccccc1)C(=O)OCCOCCOCCOCCOCCOCCOCCOCCOC. The van der Waals surface area contributed by atoms with E-state index in [1.807, 2.05) is 0 Å². The number of ether oxygens (including phenoxy) is 10. The van der Waals surface area contributed by atoms with Gasteiger partial charge in [0.25, 0.3) is 0 Å². The van der Waals surface area contributed by atoms with Crippen LogP contribution in [0.25, 0.3) is 0 Å². The molecule has 1 rings (SSSR count). The monoisotopic (exact) mass is 572 g/mol. The second kappa shape index (κ2) is 26.8. The molecule has 0 spiro atoms. The first-order valence-electron chi connectivity index (χ1n) is 13.3. The minimum absolute atomic E-state index is 0.0452. The van der Waals surface area contributed by atoms with Gasteiger partial charge in [-0.3, -0.25) is 0 Å². The van der Waals surface area contributed by atoms with Gasteiger partial charge in [-0.25, -0.2) is 9.59 Å². The minimum atomic E-state index is -0.643. The zero-order valence-electron chi connectivity index (χ0n) is 23.5. The van der Waals surface area contributed by atoms with Crippen molar-refractivity contribution in [2.45, 2.75) is 0 Å². The Kier molecular flexibility index (Phi) is 23.8. The van der Waals surface area contributed by atoms with Gasteiger partial charge in [0.15, 0.2) is 0 Å². The van der Waals surface area contributed by atoms with Gasteiger partial charge in [0, 0.05) is 7.11 Å². The van der Waals surface area contributed by atoms with Crippen LogP contribution >= 0.6 is 0 Å². The zero-order valence-corrected chi connectivity index (χ0v) is 23.5. The number of hydrogen-bond acceptors (Lipinski definition) is 12. The van der Waals surface area contributed by atoms with Gasteiger partial charge >= 0.3 is 11.9 Å². The molecule has 12 nitrogen and oxygen atoms in total. The lowest BCUT2D eigenvalue weighted by Gasteiger charge is -2.09. The van der Waals surface area contributed by atoms with Crippen molar-refractivity contribution < 1.29 is 57.0 Å². The van der Waals surface area contributed by atoms with E-state index in [1.54, 1.807) is 37.4 Å². The quantitative estimate of drug-likeness (QED) is 0.0824. The third-order valence-corrected chi connectivity index (χ3v) is 4.80. The molecule has 0 saturated carbocycles. The molecule has 228 valence electrons. The number of methoxy groups -OCH3 is 1. The Hall–Kier alpha value is -2.42. The average Bonchev–Trinajstić information content (AvgIpc) is 2.98. The first-order valence-corrected chi connectivity index (χ1v) is 13.3. The number of rotatable bonds is 28. The average molecular weight is 573 g/mol. The predicted molar refractivity (Wildman–Crippen MR) is 144 cm³/mol. The van der Waals surface area contributed by atoms with Gasteiger partial charge in [-0.1, -0.05) is 24.8 Å². The molecule has 0 atom stereocenters. The largest absolute Gasteiger partial charge is 0.460 e. The lowest BCUT2D eigenvalue weighted by molar-refractivity contribution is -0.141. The van der Waals surface area contributed by atoms with Crippen LogP contribution < -0.4 is 0 Å². The Bertz CT molecular complexity index is 759. The minimum Gasteiger partial charge on any atom is -0.460 e. The van der Waals surface area contributed by atoms with E-state index in [9.17, 15) is 9.59 Å². The maximum Gasteiger partial charge on any atom is 0.338 e. The summed E-state index contributed by atoms with van der Waals surface area (Å²) >= 11 is 0. The molecule has 0 aliphatic rings. The molecule has 1 aromatic carbocycles. The molecular formula is C28H44O12. The lowest BCUT2D eigenvalue weighted by Crippen LogP contribution is -2.18. The summed E-state index contributed by atoms with van der Waals surface area (Å²) < 4.78 is 52.6. The first kappa shape index (κ1) is 35.6. The van der Waals surface area contributed by atoms with Crippen LogP contribution in [0.3, 0.4) is 0 Å². The fraction of sp³-hybridized carbons (Fsp3) is 0.643. The van der Waals surface area contributed by atoms with Gasteiger partial charge in [0.05, 0.1) is 110 Å². The number of benzene rings is 1. The van der Waals surface area contributed by atoms with Crippen LogP contribution in [0.15, 0.2) is 42.5 Å². The number of carbonyl (C=O) groups excluding carboxylic acids is 2. The normalized spacial score (nSPS) is 10.9. The number of esters is 2. The molecule has 40 heavy (non-hydrogen) atoms. The Labute approximate surface area is 236 Å². The lowest BCUT2D eigenvalue weighted by atomic mass is 10.2. The van der Waals surface area contributed by atoms with E-state index in [0.29, 0.717) is 98.1 Å². The fourth-order valence-electron chi connectivity index (χ4n) is 2.73. The highest BCUT2D eigenvalue weighted by Gasteiger charge is 2.12. The second-order valence-electron chi connectivity index (χ2n) is 7.96. The topological polar surface area (TPSA) is 126 Å². The molecule has 0 saturated heterocycles. The predicted octanol–water partition coefficient (Wildman–Crippen LogP) is 1.71. The molecule has 0 heterocycles. The molecule has 0 aliphatic heterocycles. The maximum absolute atomic E-state index is 11.9. The Balaban J connectivity index is 1.76. The molecule has 0 N–H and O–H groups in total. The van der Waals surface area contributed by atoms with E-state index >= 15 is 0 Å². The van der Waals surface area contributed by atoms with Crippen LogP contribution in [0.1, 0.15) is 10.4 Å². The van der Waals surface area contributed by atoms with E-state index in [0.717, 1.165) is 0 Å². The van der Waals surface area contributed by atoms with Gasteiger partial charge in [-0.2, -0.15) is 0 Å². The summed E-state index contributed by atoms with van der Waals surface area (Å²) in [6, 6.07) is 8.48. The summed E-state index contributed by atoms with van der Waals surface area (Å²) in [6.45, 7) is 10.4. The standard InChI is InChI=1S/C28H44O12/c1-25(24-40-28(30)26-6-4-3-5-7-26)27(29)39-23-22-38-21-20-37-19-18-36-17-16-35-15-14-34-13-12-33-11-10-32-9-8-31-2/h3-7H,1,8-24H2,2H3. The molecule has 0 radical (unpaired) electrons. The van der Waals surface area contributed by atoms with Crippen molar-refractivity contribution in [2.24, 2.45) is 0 Å². The first-order chi connectivity index (χ1) is 19.6. The summed E-state index contributed by atoms with van der Waals surface area (Å²) in [4.78, 5) is 23.8. The van der Waals surface area contributed by atoms with Crippen LogP contribution in [-0.4, -0.2) is 131 Å². The number of hydrogen-bond donors (Lipinski definition) is 0. The van der Waals surface area contributed by atoms with E-state index in [-0.39, 0.29) is 25.4 Å². The molecule has 0 fully saturated rings. The van der Waals surface area contributed by atoms with Crippen LogP contribution in [0.4, 0.5) is 0 Å². The van der Waals surface area contributed by atoms with E-state index in [4.69, 9.17) is 47.4 Å². The molecule has 0 bridgehead atoms. The summed E-state index contributed by atoms with van der Waals surface area (Å²) in [5, 5.41) is 0. The van der Waals surface area contributed by atoms with Gasteiger partial charge in [0.1, 0.15) is 13.2 Å². The molecule has 12 heteroatoms. The van der Waals surface area contributed by atoms with Crippen LogP contribution in [0.5, 0.6) is 0 Å². The smallest absolute Gasteiger partial charge is 0.338 e. The van der Waals surface area contributed by atoms with Crippen LogP contribution in [-0.2, 0) is 52.2 Å². The van der Waals surface area contributed by atoms with E-state index in [1.165, 1.54) is 0 Å². The number of carbonyl (C=O) groups is 2. The fourth-order valence-corrected chi connectivity index (χ4v) is 2.73. The third kappa shape index (κ3) is 21.4. The highest BCUT2D eigenvalue weighted by molar-refractivity contribution is 5.91. The Morgan fingerprint density at radius 1 is 0.550 bits per heavy atom. The van der Waals surface area contributed by atoms with Gasteiger partial charge < -0.3 is 47.4 Å². The Morgan fingerprint density at radius 2 is 0.925 bits per heavy atom. The zero-order chi connectivity index (χ0) is 28.9. The van der Waals surface area contributed by atoms with Crippen molar-refractivity contribution in [3.8, 4) is 0 Å². The van der Waals surface area contributed by atoms with Crippen molar-refractivity contribution in [1.82, 2.24) is 0 Å². The molecule has 0 amide bonds. The summed E-state index contributed by atoms with van der Waals surface area (Å²) in [7, 11) is 1.63. The summed E-state index contributed by atoms with van der Waals surface area (Å²) in [6.07, 6.45) is 0. The molecular weight excluding hydrogens is 528 g/mol. The molecule has 1 aromatic rings. The van der Waals surface area contributed by atoms with Crippen molar-refractivity contribution >= 4 is 11.9 Å².